The van der Waals surface area contributed by atoms with E-state index in [9.17, 15) is 14.0 Å². The molecule has 0 atom stereocenters. The Labute approximate surface area is 162 Å². The van der Waals surface area contributed by atoms with E-state index in [1.165, 1.54) is 16.8 Å². The number of carboxylic acid groups (broad SMARTS) is 1. The van der Waals surface area contributed by atoms with E-state index in [4.69, 9.17) is 5.11 Å². The third-order valence-electron chi connectivity index (χ3n) is 3.82. The van der Waals surface area contributed by atoms with Gasteiger partial charge < -0.3 is 10.4 Å². The van der Waals surface area contributed by atoms with Crippen molar-refractivity contribution in [3.8, 4) is 5.69 Å². The summed E-state index contributed by atoms with van der Waals surface area (Å²) in [5.74, 6) is -1.61. The molecule has 3 aromatic rings. The van der Waals surface area contributed by atoms with Crippen LogP contribution >= 0.6 is 15.9 Å². The van der Waals surface area contributed by atoms with Gasteiger partial charge in [-0.3, -0.25) is 9.59 Å². The fraction of sp³-hybridized carbons (Fsp3) is 0.105. The van der Waals surface area contributed by atoms with Gasteiger partial charge >= 0.3 is 5.97 Å². The number of carbonyl (C=O) groups is 2. The zero-order chi connectivity index (χ0) is 19.4. The number of hydrogen-bond acceptors (Lipinski definition) is 3. The van der Waals surface area contributed by atoms with Crippen LogP contribution in [0.2, 0.25) is 0 Å². The molecule has 0 saturated heterocycles. The fourth-order valence-electron chi connectivity index (χ4n) is 2.43. The van der Waals surface area contributed by atoms with E-state index in [1.54, 1.807) is 42.6 Å². The molecule has 138 valence electrons. The second-order valence-corrected chi connectivity index (χ2v) is 6.65. The molecule has 2 N–H and O–H groups in total. The number of hydrogen-bond donors (Lipinski definition) is 2. The molecule has 8 heteroatoms. The van der Waals surface area contributed by atoms with Crippen molar-refractivity contribution in [3.63, 3.8) is 0 Å². The van der Waals surface area contributed by atoms with Crippen LogP contribution in [0.4, 0.5) is 10.1 Å². The van der Waals surface area contributed by atoms with E-state index < -0.39 is 11.9 Å². The Morgan fingerprint density at radius 2 is 1.78 bits per heavy atom. The predicted octanol–water partition coefficient (Wildman–Crippen LogP) is 4.04. The number of aromatic nitrogens is 2. The number of benzene rings is 2. The maximum absolute atomic E-state index is 13.0. The number of aryl methyl sites for hydroxylation is 1. The van der Waals surface area contributed by atoms with Crippen LogP contribution in [0.15, 0.2) is 59.2 Å². The smallest absolute Gasteiger partial charge is 0.303 e. The first kappa shape index (κ1) is 18.8. The van der Waals surface area contributed by atoms with E-state index in [2.05, 4.69) is 26.3 Å². The molecule has 0 saturated carbocycles. The molecular weight excluding hydrogens is 417 g/mol. The number of anilines is 1. The summed E-state index contributed by atoms with van der Waals surface area (Å²) in [6.07, 6.45) is 2.10. The van der Waals surface area contributed by atoms with Crippen LogP contribution in [0.3, 0.4) is 0 Å². The number of aliphatic carboxylic acids is 1. The maximum atomic E-state index is 13.0. The molecule has 0 aliphatic carbocycles. The zero-order valence-corrected chi connectivity index (χ0v) is 15.6. The molecule has 0 aliphatic rings. The Bertz CT molecular complexity index is 969. The van der Waals surface area contributed by atoms with Crippen LogP contribution in [-0.4, -0.2) is 26.8 Å². The first-order valence-electron chi connectivity index (χ1n) is 8.05. The first-order valence-corrected chi connectivity index (χ1v) is 8.85. The van der Waals surface area contributed by atoms with Gasteiger partial charge in [-0.15, -0.1) is 0 Å². The van der Waals surface area contributed by atoms with Gasteiger partial charge in [-0.1, -0.05) is 12.1 Å². The van der Waals surface area contributed by atoms with Crippen LogP contribution in [-0.2, 0) is 11.2 Å². The van der Waals surface area contributed by atoms with E-state index in [-0.39, 0.29) is 17.9 Å². The van der Waals surface area contributed by atoms with Crippen LogP contribution in [0.1, 0.15) is 22.5 Å². The van der Waals surface area contributed by atoms with Crippen molar-refractivity contribution in [2.24, 2.45) is 0 Å². The summed E-state index contributed by atoms with van der Waals surface area (Å²) in [6.45, 7) is 0. The summed E-state index contributed by atoms with van der Waals surface area (Å²) in [5.41, 5.74) is 2.26. The van der Waals surface area contributed by atoms with Gasteiger partial charge in [-0.05, 0) is 64.3 Å². The molecule has 0 fully saturated rings. The normalized spacial score (nSPS) is 10.6. The lowest BCUT2D eigenvalue weighted by atomic mass is 10.1. The van der Waals surface area contributed by atoms with Gasteiger partial charge in [0, 0.05) is 18.3 Å². The van der Waals surface area contributed by atoms with Crippen molar-refractivity contribution in [2.45, 2.75) is 12.8 Å². The molecule has 0 aliphatic heterocycles. The quantitative estimate of drug-likeness (QED) is 0.616. The number of amides is 1. The summed E-state index contributed by atoms with van der Waals surface area (Å²) in [7, 11) is 0. The summed E-state index contributed by atoms with van der Waals surface area (Å²) in [4.78, 5) is 23.1. The molecule has 27 heavy (non-hydrogen) atoms. The average Bonchev–Trinajstić information content (AvgIpc) is 3.03. The van der Waals surface area contributed by atoms with Gasteiger partial charge in [0.1, 0.15) is 5.82 Å². The first-order chi connectivity index (χ1) is 12.9. The van der Waals surface area contributed by atoms with Gasteiger partial charge in [-0.2, -0.15) is 5.10 Å². The molecule has 1 aromatic heterocycles. The highest BCUT2D eigenvalue weighted by Gasteiger charge is 2.16. The van der Waals surface area contributed by atoms with E-state index >= 15 is 0 Å². The Kier molecular flexibility index (Phi) is 5.66. The molecular formula is C19H15BrFN3O3. The summed E-state index contributed by atoms with van der Waals surface area (Å²) in [5, 5.41) is 15.7. The van der Waals surface area contributed by atoms with Crippen molar-refractivity contribution >= 4 is 33.5 Å². The minimum absolute atomic E-state index is 0.0550. The number of nitrogens with one attached hydrogen (secondary N) is 1. The third-order valence-corrected chi connectivity index (χ3v) is 4.40. The van der Waals surface area contributed by atoms with Gasteiger partial charge in [-0.25, -0.2) is 9.07 Å². The SMILES string of the molecule is O=C(O)CCc1ccc(NC(=O)c2nn(-c3ccc(F)cc3)cc2Br)cc1. The average molecular weight is 432 g/mol. The molecule has 2 aromatic carbocycles. The topological polar surface area (TPSA) is 84.2 Å². The maximum Gasteiger partial charge on any atom is 0.303 e. The van der Waals surface area contributed by atoms with Crippen molar-refractivity contribution in [2.75, 3.05) is 5.32 Å². The largest absolute Gasteiger partial charge is 0.481 e. The second kappa shape index (κ2) is 8.13. The lowest BCUT2D eigenvalue weighted by molar-refractivity contribution is -0.136. The molecule has 6 nitrogen and oxygen atoms in total. The minimum Gasteiger partial charge on any atom is -0.481 e. The van der Waals surface area contributed by atoms with Gasteiger partial charge in [0.2, 0.25) is 0 Å². The highest BCUT2D eigenvalue weighted by Crippen LogP contribution is 2.20. The number of carboxylic acids is 1. The van der Waals surface area contributed by atoms with Crippen molar-refractivity contribution in [3.05, 3.63) is 76.3 Å². The molecule has 0 spiro atoms. The Morgan fingerprint density at radius 1 is 1.11 bits per heavy atom. The molecule has 1 heterocycles. The van der Waals surface area contributed by atoms with Crippen LogP contribution in [0.5, 0.6) is 0 Å². The summed E-state index contributed by atoms with van der Waals surface area (Å²) >= 11 is 3.31. The molecule has 3 rings (SSSR count). The van der Waals surface area contributed by atoms with Gasteiger partial charge in [0.15, 0.2) is 5.69 Å². The molecule has 0 radical (unpaired) electrons. The van der Waals surface area contributed by atoms with Crippen molar-refractivity contribution < 1.29 is 19.1 Å². The Hall–Kier alpha value is -3.00. The predicted molar refractivity (Wildman–Crippen MR) is 102 cm³/mol. The zero-order valence-electron chi connectivity index (χ0n) is 14.0. The van der Waals surface area contributed by atoms with E-state index in [1.807, 2.05) is 0 Å². The summed E-state index contributed by atoms with van der Waals surface area (Å²) < 4.78 is 15.0. The highest BCUT2D eigenvalue weighted by molar-refractivity contribution is 9.10. The summed E-state index contributed by atoms with van der Waals surface area (Å²) in [6, 6.07) is 12.7. The van der Waals surface area contributed by atoms with Gasteiger partial charge in [0.25, 0.3) is 5.91 Å². The number of carbonyl (C=O) groups excluding carboxylic acids is 1. The lowest BCUT2D eigenvalue weighted by Gasteiger charge is -2.05. The van der Waals surface area contributed by atoms with Crippen LogP contribution in [0.25, 0.3) is 5.69 Å². The Morgan fingerprint density at radius 3 is 2.41 bits per heavy atom. The number of halogens is 2. The number of rotatable bonds is 6. The molecule has 0 bridgehead atoms. The minimum atomic E-state index is -0.853. The standard InChI is InChI=1S/C19H15BrFN3O3/c20-16-11-24(15-8-4-13(21)5-9-15)23-18(16)19(27)22-14-6-1-12(2-7-14)3-10-17(25)26/h1-2,4-9,11H,3,10H2,(H,22,27)(H,25,26). The van der Waals surface area contributed by atoms with E-state index in [0.717, 1.165) is 5.56 Å². The van der Waals surface area contributed by atoms with Crippen molar-refractivity contribution in [1.82, 2.24) is 9.78 Å². The molecule has 0 unspecified atom stereocenters. The lowest BCUT2D eigenvalue weighted by Crippen LogP contribution is -2.13. The van der Waals surface area contributed by atoms with Crippen LogP contribution in [0, 0.1) is 5.82 Å². The second-order valence-electron chi connectivity index (χ2n) is 5.79. The third kappa shape index (κ3) is 4.79. The van der Waals surface area contributed by atoms with E-state index in [0.29, 0.717) is 22.3 Å². The van der Waals surface area contributed by atoms with Gasteiger partial charge in [0.05, 0.1) is 10.2 Å². The monoisotopic (exact) mass is 431 g/mol. The van der Waals surface area contributed by atoms with Crippen molar-refractivity contribution in [1.29, 1.82) is 0 Å². The highest BCUT2D eigenvalue weighted by atomic mass is 79.9. The molecule has 1 amide bonds. The Balaban J connectivity index is 1.71. The fourth-order valence-corrected chi connectivity index (χ4v) is 2.88. The number of nitrogens with zero attached hydrogens (tertiary/aromatic N) is 2. The van der Waals surface area contributed by atoms with Crippen LogP contribution < -0.4 is 5.32 Å².